The van der Waals surface area contributed by atoms with Gasteiger partial charge in [0, 0.05) is 25.0 Å². The van der Waals surface area contributed by atoms with Crippen molar-refractivity contribution in [3.63, 3.8) is 0 Å². The summed E-state index contributed by atoms with van der Waals surface area (Å²) in [4.78, 5) is 4.13. The first-order valence-electron chi connectivity index (χ1n) is 8.07. The SMILES string of the molecule is Clc1cnccc1CC1(CNC2CC2)CC2CCC1C2. The van der Waals surface area contributed by atoms with Gasteiger partial charge in [0.2, 0.25) is 0 Å². The van der Waals surface area contributed by atoms with Gasteiger partial charge in [-0.25, -0.2) is 0 Å². The molecule has 1 aromatic heterocycles. The van der Waals surface area contributed by atoms with Crippen LogP contribution in [-0.4, -0.2) is 17.6 Å². The van der Waals surface area contributed by atoms with Gasteiger partial charge in [-0.2, -0.15) is 0 Å². The number of fused-ring (bicyclic) bond motifs is 2. The van der Waals surface area contributed by atoms with Crippen LogP contribution in [0.2, 0.25) is 5.02 Å². The molecule has 3 unspecified atom stereocenters. The minimum atomic E-state index is 0.455. The molecule has 3 aliphatic rings. The zero-order valence-electron chi connectivity index (χ0n) is 11.9. The number of pyridine rings is 1. The van der Waals surface area contributed by atoms with E-state index in [0.717, 1.165) is 29.3 Å². The molecule has 0 saturated heterocycles. The number of aromatic nitrogens is 1. The van der Waals surface area contributed by atoms with E-state index in [1.807, 2.05) is 6.20 Å². The maximum atomic E-state index is 6.36. The van der Waals surface area contributed by atoms with Crippen molar-refractivity contribution in [2.24, 2.45) is 17.3 Å². The van der Waals surface area contributed by atoms with E-state index >= 15 is 0 Å². The molecule has 3 fully saturated rings. The fourth-order valence-corrected chi connectivity index (χ4v) is 4.80. The van der Waals surface area contributed by atoms with Crippen molar-refractivity contribution in [3.05, 3.63) is 29.0 Å². The van der Waals surface area contributed by atoms with Gasteiger partial charge in [-0.15, -0.1) is 0 Å². The van der Waals surface area contributed by atoms with Crippen molar-refractivity contribution in [1.29, 1.82) is 0 Å². The summed E-state index contributed by atoms with van der Waals surface area (Å²) in [6.07, 6.45) is 13.3. The van der Waals surface area contributed by atoms with E-state index in [2.05, 4.69) is 16.4 Å². The number of nitrogens with one attached hydrogen (secondary N) is 1. The lowest BCUT2D eigenvalue weighted by atomic mass is 9.69. The average Bonchev–Trinajstić information content (AvgIpc) is 3.08. The molecule has 2 bridgehead atoms. The molecule has 1 aromatic rings. The van der Waals surface area contributed by atoms with Crippen LogP contribution in [0.5, 0.6) is 0 Å². The molecule has 0 amide bonds. The Balaban J connectivity index is 1.56. The van der Waals surface area contributed by atoms with Gasteiger partial charge in [0.1, 0.15) is 0 Å². The predicted molar refractivity (Wildman–Crippen MR) is 81.9 cm³/mol. The fourth-order valence-electron chi connectivity index (χ4n) is 4.62. The fraction of sp³-hybridized carbons (Fsp3) is 0.706. The highest BCUT2D eigenvalue weighted by Gasteiger charge is 2.50. The lowest BCUT2D eigenvalue weighted by Gasteiger charge is -2.38. The smallest absolute Gasteiger partial charge is 0.0621 e. The Kier molecular flexibility index (Phi) is 3.27. The lowest BCUT2D eigenvalue weighted by molar-refractivity contribution is 0.155. The molecule has 1 N–H and O–H groups in total. The maximum Gasteiger partial charge on any atom is 0.0621 e. The van der Waals surface area contributed by atoms with Gasteiger partial charge in [0.05, 0.1) is 5.02 Å². The minimum absolute atomic E-state index is 0.455. The topological polar surface area (TPSA) is 24.9 Å². The molecular formula is C17H23ClN2. The van der Waals surface area contributed by atoms with Crippen LogP contribution in [0.3, 0.4) is 0 Å². The summed E-state index contributed by atoms with van der Waals surface area (Å²) in [5, 5.41) is 4.65. The van der Waals surface area contributed by atoms with Crippen LogP contribution in [0.1, 0.15) is 44.1 Å². The molecule has 3 atom stereocenters. The third-order valence-electron chi connectivity index (χ3n) is 5.82. The summed E-state index contributed by atoms with van der Waals surface area (Å²) >= 11 is 6.36. The number of rotatable bonds is 5. The molecule has 3 saturated carbocycles. The van der Waals surface area contributed by atoms with Crippen LogP contribution in [-0.2, 0) is 6.42 Å². The van der Waals surface area contributed by atoms with E-state index in [9.17, 15) is 0 Å². The van der Waals surface area contributed by atoms with E-state index in [4.69, 9.17) is 11.6 Å². The number of halogens is 1. The summed E-state index contributed by atoms with van der Waals surface area (Å²) in [5.41, 5.74) is 1.75. The molecule has 0 radical (unpaired) electrons. The van der Waals surface area contributed by atoms with Crippen LogP contribution < -0.4 is 5.32 Å². The Morgan fingerprint density at radius 1 is 1.30 bits per heavy atom. The van der Waals surface area contributed by atoms with Crippen molar-refractivity contribution in [2.45, 2.75) is 51.0 Å². The quantitative estimate of drug-likeness (QED) is 0.891. The summed E-state index contributed by atoms with van der Waals surface area (Å²) in [5.74, 6) is 1.88. The molecule has 4 rings (SSSR count). The summed E-state index contributed by atoms with van der Waals surface area (Å²) in [6.45, 7) is 1.19. The van der Waals surface area contributed by atoms with Crippen LogP contribution in [0, 0.1) is 17.3 Å². The van der Waals surface area contributed by atoms with Crippen molar-refractivity contribution in [2.75, 3.05) is 6.54 Å². The van der Waals surface area contributed by atoms with Gasteiger partial charge >= 0.3 is 0 Å². The summed E-state index contributed by atoms with van der Waals surface area (Å²) in [6, 6.07) is 2.92. The predicted octanol–water partition coefficient (Wildman–Crippen LogP) is 3.84. The normalized spacial score (nSPS) is 35.6. The van der Waals surface area contributed by atoms with Crippen LogP contribution >= 0.6 is 11.6 Å². The highest BCUT2D eigenvalue weighted by molar-refractivity contribution is 6.31. The molecule has 0 aliphatic heterocycles. The van der Waals surface area contributed by atoms with Crippen molar-refractivity contribution < 1.29 is 0 Å². The first-order valence-corrected chi connectivity index (χ1v) is 8.45. The highest BCUT2D eigenvalue weighted by Crippen LogP contribution is 2.57. The number of hydrogen-bond donors (Lipinski definition) is 1. The monoisotopic (exact) mass is 290 g/mol. The molecule has 3 heteroatoms. The first kappa shape index (κ1) is 13.1. The molecular weight excluding hydrogens is 268 g/mol. The number of nitrogens with zero attached hydrogens (tertiary/aromatic N) is 1. The Bertz CT molecular complexity index is 500. The Morgan fingerprint density at radius 2 is 2.20 bits per heavy atom. The maximum absolute atomic E-state index is 6.36. The molecule has 20 heavy (non-hydrogen) atoms. The van der Waals surface area contributed by atoms with Crippen molar-refractivity contribution in [1.82, 2.24) is 10.3 Å². The number of hydrogen-bond acceptors (Lipinski definition) is 2. The Labute approximate surface area is 126 Å². The molecule has 108 valence electrons. The van der Waals surface area contributed by atoms with Crippen LogP contribution in [0.25, 0.3) is 0 Å². The van der Waals surface area contributed by atoms with Gasteiger partial charge in [0.25, 0.3) is 0 Å². The third kappa shape index (κ3) is 2.37. The standard InChI is InChI=1S/C17H23ClN2/c18-16-10-19-6-5-13(16)9-17(11-20-15-3-4-15)8-12-1-2-14(17)7-12/h5-6,10,12,14-15,20H,1-4,7-9,11H2. The second-order valence-electron chi connectivity index (χ2n) is 7.24. The zero-order chi connectivity index (χ0) is 13.6. The van der Waals surface area contributed by atoms with Crippen molar-refractivity contribution in [3.8, 4) is 0 Å². The summed E-state index contributed by atoms with van der Waals surface area (Å²) in [7, 11) is 0. The van der Waals surface area contributed by atoms with E-state index in [0.29, 0.717) is 5.41 Å². The van der Waals surface area contributed by atoms with Gasteiger partial charge in [-0.3, -0.25) is 4.98 Å². The molecule has 3 aliphatic carbocycles. The second-order valence-corrected chi connectivity index (χ2v) is 7.65. The van der Waals surface area contributed by atoms with E-state index in [1.54, 1.807) is 6.20 Å². The van der Waals surface area contributed by atoms with Gasteiger partial charge in [0.15, 0.2) is 0 Å². The lowest BCUT2D eigenvalue weighted by Crippen LogP contribution is -2.41. The minimum Gasteiger partial charge on any atom is -0.313 e. The summed E-state index contributed by atoms with van der Waals surface area (Å²) < 4.78 is 0. The van der Waals surface area contributed by atoms with Crippen molar-refractivity contribution >= 4 is 11.6 Å². The molecule has 0 spiro atoms. The molecule has 0 aromatic carbocycles. The van der Waals surface area contributed by atoms with Crippen LogP contribution in [0.4, 0.5) is 0 Å². The third-order valence-corrected chi connectivity index (χ3v) is 6.16. The molecule has 1 heterocycles. The zero-order valence-corrected chi connectivity index (χ0v) is 12.7. The first-order chi connectivity index (χ1) is 9.75. The average molecular weight is 291 g/mol. The Morgan fingerprint density at radius 3 is 2.85 bits per heavy atom. The Hall–Kier alpha value is -0.600. The van der Waals surface area contributed by atoms with Gasteiger partial charge < -0.3 is 5.32 Å². The highest BCUT2D eigenvalue weighted by atomic mass is 35.5. The largest absolute Gasteiger partial charge is 0.313 e. The van der Waals surface area contributed by atoms with E-state index < -0.39 is 0 Å². The van der Waals surface area contributed by atoms with Gasteiger partial charge in [-0.05, 0) is 67.4 Å². The molecule has 2 nitrogen and oxygen atoms in total. The van der Waals surface area contributed by atoms with Crippen LogP contribution in [0.15, 0.2) is 18.5 Å². The second kappa shape index (κ2) is 4.99. The van der Waals surface area contributed by atoms with E-state index in [1.165, 1.54) is 50.6 Å². The van der Waals surface area contributed by atoms with Gasteiger partial charge in [-0.1, -0.05) is 18.0 Å². The van der Waals surface area contributed by atoms with E-state index in [-0.39, 0.29) is 0 Å².